The van der Waals surface area contributed by atoms with Gasteiger partial charge in [0.2, 0.25) is 0 Å². The van der Waals surface area contributed by atoms with Crippen LogP contribution >= 0.6 is 11.6 Å². The van der Waals surface area contributed by atoms with Crippen LogP contribution in [0.1, 0.15) is 23.7 Å². The molecule has 0 radical (unpaired) electrons. The normalized spacial score (nSPS) is 10.2. The molecule has 0 fully saturated rings. The fourth-order valence-electron chi connectivity index (χ4n) is 1.63. The molecule has 0 unspecified atom stereocenters. The van der Waals surface area contributed by atoms with Crippen molar-refractivity contribution in [2.75, 3.05) is 17.2 Å². The number of rotatable bonds is 5. The van der Waals surface area contributed by atoms with Gasteiger partial charge in [-0.1, -0.05) is 18.5 Å². The van der Waals surface area contributed by atoms with Gasteiger partial charge >= 0.3 is 0 Å². The Morgan fingerprint density at radius 3 is 2.95 bits per heavy atom. The van der Waals surface area contributed by atoms with Gasteiger partial charge in [-0.2, -0.15) is 0 Å². The lowest BCUT2D eigenvalue weighted by molar-refractivity contribution is 0.102. The molecular weight excluding hydrogens is 295 g/mol. The minimum Gasteiger partial charge on any atom is -0.370 e. The van der Waals surface area contributed by atoms with Crippen molar-refractivity contribution in [1.29, 1.82) is 0 Å². The van der Waals surface area contributed by atoms with Crippen molar-refractivity contribution >= 4 is 29.0 Å². The largest absolute Gasteiger partial charge is 0.370 e. The van der Waals surface area contributed by atoms with Crippen LogP contribution < -0.4 is 10.6 Å². The van der Waals surface area contributed by atoms with Crippen LogP contribution in [-0.2, 0) is 0 Å². The van der Waals surface area contributed by atoms with Gasteiger partial charge in [0.1, 0.15) is 5.82 Å². The molecule has 21 heavy (non-hydrogen) atoms. The molecule has 0 bridgehead atoms. The predicted octanol–water partition coefficient (Wildman–Crippen LogP) is 3.34. The van der Waals surface area contributed by atoms with E-state index in [0.29, 0.717) is 5.82 Å². The lowest BCUT2D eigenvalue weighted by Gasteiger charge is -2.09. The molecule has 0 saturated carbocycles. The zero-order valence-corrected chi connectivity index (χ0v) is 12.1. The Morgan fingerprint density at radius 1 is 1.43 bits per heavy atom. The first-order chi connectivity index (χ1) is 10.1. The maximum Gasteiger partial charge on any atom is 0.257 e. The number of hydrogen-bond donors (Lipinski definition) is 2. The number of nitrogens with one attached hydrogen (secondary N) is 2. The molecule has 2 aromatic rings. The van der Waals surface area contributed by atoms with Crippen LogP contribution in [0.15, 0.2) is 30.7 Å². The van der Waals surface area contributed by atoms with E-state index < -0.39 is 11.7 Å². The molecule has 0 aromatic carbocycles. The van der Waals surface area contributed by atoms with Gasteiger partial charge in [0.15, 0.2) is 5.82 Å². The second kappa shape index (κ2) is 6.99. The van der Waals surface area contributed by atoms with Gasteiger partial charge in [-0.05, 0) is 18.6 Å². The first kappa shape index (κ1) is 15.2. The molecule has 5 nitrogen and oxygen atoms in total. The minimum atomic E-state index is -0.611. The van der Waals surface area contributed by atoms with Crippen LogP contribution in [0.5, 0.6) is 0 Å². The Hall–Kier alpha value is -2.21. The fourth-order valence-corrected chi connectivity index (χ4v) is 1.82. The smallest absolute Gasteiger partial charge is 0.257 e. The van der Waals surface area contributed by atoms with Crippen molar-refractivity contribution in [2.24, 2.45) is 0 Å². The summed E-state index contributed by atoms with van der Waals surface area (Å²) in [6.07, 6.45) is 4.73. The summed E-state index contributed by atoms with van der Waals surface area (Å²) in [7, 11) is 0. The second-order valence-corrected chi connectivity index (χ2v) is 4.69. The Morgan fingerprint density at radius 2 is 2.24 bits per heavy atom. The minimum absolute atomic E-state index is 0.0472. The molecule has 0 atom stereocenters. The Balaban J connectivity index is 2.20. The zero-order chi connectivity index (χ0) is 15.2. The topological polar surface area (TPSA) is 66.9 Å². The Kier molecular flexibility index (Phi) is 5.05. The summed E-state index contributed by atoms with van der Waals surface area (Å²) >= 11 is 5.97. The molecule has 1 amide bonds. The van der Waals surface area contributed by atoms with E-state index in [2.05, 4.69) is 20.6 Å². The standard InChI is InChI=1S/C14H14ClFN4O/c1-2-4-18-13-6-9(10(15)7-19-13)14(21)20-12-3-5-17-8-11(12)16/h3,5-8H,2,4H2,1H3,(H,18,19)(H,17,20,21). The summed E-state index contributed by atoms with van der Waals surface area (Å²) in [4.78, 5) is 19.9. The lowest BCUT2D eigenvalue weighted by Crippen LogP contribution is -2.14. The van der Waals surface area contributed by atoms with Crippen molar-refractivity contribution in [3.8, 4) is 0 Å². The first-order valence-corrected chi connectivity index (χ1v) is 6.80. The number of carbonyl (C=O) groups excluding carboxylic acids is 1. The van der Waals surface area contributed by atoms with Gasteiger partial charge in [0, 0.05) is 18.9 Å². The van der Waals surface area contributed by atoms with E-state index in [1.807, 2.05) is 6.92 Å². The van der Waals surface area contributed by atoms with Gasteiger partial charge in [0.25, 0.3) is 5.91 Å². The molecule has 0 aliphatic carbocycles. The molecule has 2 aromatic heterocycles. The maximum atomic E-state index is 13.5. The van der Waals surface area contributed by atoms with E-state index >= 15 is 0 Å². The van der Waals surface area contributed by atoms with Crippen LogP contribution in [0.25, 0.3) is 0 Å². The van der Waals surface area contributed by atoms with Crippen LogP contribution in [0.2, 0.25) is 5.02 Å². The van der Waals surface area contributed by atoms with Crippen LogP contribution in [-0.4, -0.2) is 22.4 Å². The zero-order valence-electron chi connectivity index (χ0n) is 11.4. The van der Waals surface area contributed by atoms with Crippen LogP contribution in [0.3, 0.4) is 0 Å². The molecule has 2 heterocycles. The van der Waals surface area contributed by atoms with E-state index in [0.717, 1.165) is 19.2 Å². The highest BCUT2D eigenvalue weighted by atomic mass is 35.5. The number of amides is 1. The average Bonchev–Trinajstić information content (AvgIpc) is 2.48. The van der Waals surface area contributed by atoms with Gasteiger partial charge in [-0.3, -0.25) is 9.78 Å². The molecule has 7 heteroatoms. The molecule has 110 valence electrons. The number of nitrogens with zero attached hydrogens (tertiary/aromatic N) is 2. The van der Waals surface area contributed by atoms with Crippen LogP contribution in [0, 0.1) is 5.82 Å². The Bertz CT molecular complexity index is 651. The summed E-state index contributed by atoms with van der Waals surface area (Å²) in [6, 6.07) is 2.91. The molecule has 0 saturated heterocycles. The Labute approximate surface area is 126 Å². The highest BCUT2D eigenvalue weighted by molar-refractivity contribution is 6.34. The van der Waals surface area contributed by atoms with Crippen LogP contribution in [0.4, 0.5) is 15.9 Å². The highest BCUT2D eigenvalue weighted by Crippen LogP contribution is 2.20. The predicted molar refractivity (Wildman–Crippen MR) is 80.2 cm³/mol. The van der Waals surface area contributed by atoms with E-state index in [1.165, 1.54) is 24.5 Å². The summed E-state index contributed by atoms with van der Waals surface area (Å²) in [5, 5.41) is 5.71. The van der Waals surface area contributed by atoms with Crippen molar-refractivity contribution in [3.05, 3.63) is 47.1 Å². The molecule has 0 spiro atoms. The fraction of sp³-hybridized carbons (Fsp3) is 0.214. The lowest BCUT2D eigenvalue weighted by atomic mass is 10.2. The molecule has 0 aliphatic rings. The molecule has 0 aliphatic heterocycles. The molecular formula is C14H14ClFN4O. The quantitative estimate of drug-likeness (QED) is 0.889. The van der Waals surface area contributed by atoms with Crippen molar-refractivity contribution in [2.45, 2.75) is 13.3 Å². The monoisotopic (exact) mass is 308 g/mol. The number of anilines is 2. The summed E-state index contributed by atoms with van der Waals surface area (Å²) in [5.41, 5.74) is 0.271. The van der Waals surface area contributed by atoms with Gasteiger partial charge in [0.05, 0.1) is 22.5 Å². The van der Waals surface area contributed by atoms with Gasteiger partial charge < -0.3 is 10.6 Å². The average molecular weight is 309 g/mol. The maximum absolute atomic E-state index is 13.5. The number of hydrogen-bond acceptors (Lipinski definition) is 4. The van der Waals surface area contributed by atoms with Gasteiger partial charge in [-0.15, -0.1) is 0 Å². The van der Waals surface area contributed by atoms with E-state index in [1.54, 1.807) is 0 Å². The summed E-state index contributed by atoms with van der Waals surface area (Å²) in [5.74, 6) is -0.575. The summed E-state index contributed by atoms with van der Waals surface area (Å²) in [6.45, 7) is 2.75. The first-order valence-electron chi connectivity index (χ1n) is 6.42. The third kappa shape index (κ3) is 3.88. The highest BCUT2D eigenvalue weighted by Gasteiger charge is 2.14. The number of carbonyl (C=O) groups is 1. The van der Waals surface area contributed by atoms with E-state index in [-0.39, 0.29) is 16.3 Å². The van der Waals surface area contributed by atoms with Crippen molar-refractivity contribution in [1.82, 2.24) is 9.97 Å². The third-order valence-electron chi connectivity index (χ3n) is 2.68. The molecule has 2 N–H and O–H groups in total. The molecule has 2 rings (SSSR count). The van der Waals surface area contributed by atoms with Gasteiger partial charge in [-0.25, -0.2) is 9.37 Å². The van der Waals surface area contributed by atoms with Crippen molar-refractivity contribution in [3.63, 3.8) is 0 Å². The summed E-state index contributed by atoms with van der Waals surface area (Å²) < 4.78 is 13.5. The number of aromatic nitrogens is 2. The van der Waals surface area contributed by atoms with E-state index in [4.69, 9.17) is 11.6 Å². The number of pyridine rings is 2. The van der Waals surface area contributed by atoms with Crippen molar-refractivity contribution < 1.29 is 9.18 Å². The SMILES string of the molecule is CCCNc1cc(C(=O)Nc2ccncc2F)c(Cl)cn1. The number of halogens is 2. The second-order valence-electron chi connectivity index (χ2n) is 4.29. The third-order valence-corrected chi connectivity index (χ3v) is 2.98. The van der Waals surface area contributed by atoms with E-state index in [9.17, 15) is 9.18 Å².